The van der Waals surface area contributed by atoms with Crippen LogP contribution in [0.2, 0.25) is 0 Å². The molecule has 0 spiro atoms. The highest BCUT2D eigenvalue weighted by atomic mass is 15.3. The number of rotatable bonds is 3. The van der Waals surface area contributed by atoms with Crippen molar-refractivity contribution in [2.24, 2.45) is 0 Å². The van der Waals surface area contributed by atoms with Crippen LogP contribution in [0.1, 0.15) is 24.5 Å². The van der Waals surface area contributed by atoms with Crippen molar-refractivity contribution in [3.05, 3.63) is 41.7 Å². The van der Waals surface area contributed by atoms with E-state index in [4.69, 9.17) is 5.26 Å². The number of nitrogens with zero attached hydrogens (tertiary/aromatic N) is 3. The van der Waals surface area contributed by atoms with Crippen LogP contribution in [-0.2, 0) is 6.54 Å². The Hall–Kier alpha value is -2.08. The minimum absolute atomic E-state index is 0.701. The van der Waals surface area contributed by atoms with Crippen LogP contribution >= 0.6 is 0 Å². The van der Waals surface area contributed by atoms with Gasteiger partial charge in [0.25, 0.3) is 0 Å². The molecule has 0 aliphatic heterocycles. The maximum absolute atomic E-state index is 9.10. The van der Waals surface area contributed by atoms with Crippen LogP contribution in [0.5, 0.6) is 0 Å². The van der Waals surface area contributed by atoms with Gasteiger partial charge in [-0.2, -0.15) is 10.4 Å². The van der Waals surface area contributed by atoms with Crippen molar-refractivity contribution in [3.63, 3.8) is 0 Å². The zero-order chi connectivity index (χ0) is 12.3. The van der Waals surface area contributed by atoms with E-state index in [0.29, 0.717) is 5.56 Å². The maximum Gasteiger partial charge on any atom is 0.0998 e. The van der Waals surface area contributed by atoms with Gasteiger partial charge >= 0.3 is 0 Å². The normalized spacial score (nSPS) is 10.2. The number of hydrogen-bond donors (Lipinski definition) is 0. The fraction of sp³-hybridized carbons (Fsp3) is 0.286. The highest BCUT2D eigenvalue weighted by Gasteiger charge is 2.07. The SMILES string of the molecule is CCCn1cc(-c2cc(C)ccc2C#N)cn1. The Morgan fingerprint density at radius 2 is 2.24 bits per heavy atom. The Balaban J connectivity index is 2.44. The lowest BCUT2D eigenvalue weighted by Crippen LogP contribution is -1.95. The van der Waals surface area contributed by atoms with Gasteiger partial charge in [0, 0.05) is 23.9 Å². The molecule has 0 aliphatic carbocycles. The van der Waals surface area contributed by atoms with Gasteiger partial charge < -0.3 is 0 Å². The molecule has 1 heterocycles. The molecule has 1 aromatic heterocycles. The Labute approximate surface area is 101 Å². The molecule has 2 aromatic rings. The van der Waals surface area contributed by atoms with Crippen LogP contribution in [0.15, 0.2) is 30.6 Å². The van der Waals surface area contributed by atoms with Gasteiger partial charge in [0.05, 0.1) is 17.8 Å². The molecule has 0 saturated heterocycles. The molecule has 0 N–H and O–H groups in total. The molecular weight excluding hydrogens is 210 g/mol. The van der Waals surface area contributed by atoms with E-state index in [1.165, 1.54) is 0 Å². The monoisotopic (exact) mass is 225 g/mol. The van der Waals surface area contributed by atoms with Crippen LogP contribution in [0, 0.1) is 18.3 Å². The molecule has 0 amide bonds. The van der Waals surface area contributed by atoms with Crippen molar-refractivity contribution in [2.45, 2.75) is 26.8 Å². The summed E-state index contributed by atoms with van der Waals surface area (Å²) in [6.45, 7) is 5.06. The number of nitriles is 1. The van der Waals surface area contributed by atoms with Crippen LogP contribution in [0.25, 0.3) is 11.1 Å². The van der Waals surface area contributed by atoms with E-state index >= 15 is 0 Å². The van der Waals surface area contributed by atoms with Gasteiger partial charge in [-0.1, -0.05) is 18.6 Å². The van der Waals surface area contributed by atoms with E-state index in [1.807, 2.05) is 42.2 Å². The topological polar surface area (TPSA) is 41.6 Å². The number of aryl methyl sites for hydroxylation is 2. The molecule has 86 valence electrons. The largest absolute Gasteiger partial charge is 0.272 e. The molecule has 0 aliphatic rings. The van der Waals surface area contributed by atoms with Crippen LogP contribution in [-0.4, -0.2) is 9.78 Å². The van der Waals surface area contributed by atoms with Crippen molar-refractivity contribution in [1.82, 2.24) is 9.78 Å². The third-order valence-corrected chi connectivity index (χ3v) is 2.69. The van der Waals surface area contributed by atoms with Crippen molar-refractivity contribution in [1.29, 1.82) is 5.26 Å². The summed E-state index contributed by atoms with van der Waals surface area (Å²) in [6, 6.07) is 8.08. The molecule has 3 nitrogen and oxygen atoms in total. The first-order chi connectivity index (χ1) is 8.24. The summed E-state index contributed by atoms with van der Waals surface area (Å²) in [4.78, 5) is 0. The summed E-state index contributed by atoms with van der Waals surface area (Å²) in [5.41, 5.74) is 3.84. The third-order valence-electron chi connectivity index (χ3n) is 2.69. The van der Waals surface area contributed by atoms with Gasteiger partial charge in [-0.3, -0.25) is 4.68 Å². The van der Waals surface area contributed by atoms with Crippen molar-refractivity contribution in [3.8, 4) is 17.2 Å². The van der Waals surface area contributed by atoms with Gasteiger partial charge in [-0.05, 0) is 25.5 Å². The second-order valence-electron chi connectivity index (χ2n) is 4.15. The summed E-state index contributed by atoms with van der Waals surface area (Å²) in [5, 5.41) is 13.4. The van der Waals surface area contributed by atoms with E-state index in [0.717, 1.165) is 29.7 Å². The van der Waals surface area contributed by atoms with E-state index in [9.17, 15) is 0 Å². The van der Waals surface area contributed by atoms with Crippen LogP contribution in [0.4, 0.5) is 0 Å². The molecule has 2 rings (SSSR count). The van der Waals surface area contributed by atoms with E-state index < -0.39 is 0 Å². The molecule has 1 aromatic carbocycles. The number of hydrogen-bond acceptors (Lipinski definition) is 2. The average molecular weight is 225 g/mol. The summed E-state index contributed by atoms with van der Waals surface area (Å²) in [6.07, 6.45) is 4.88. The molecule has 0 saturated carbocycles. The van der Waals surface area contributed by atoms with Gasteiger partial charge in [0.15, 0.2) is 0 Å². The number of aromatic nitrogens is 2. The standard InChI is InChI=1S/C14H15N3/c1-3-6-17-10-13(9-16-17)14-7-11(2)4-5-12(14)8-15/h4-5,7,9-10H,3,6H2,1-2H3. The average Bonchev–Trinajstić information content (AvgIpc) is 2.78. The molecule has 0 bridgehead atoms. The summed E-state index contributed by atoms with van der Waals surface area (Å²) >= 11 is 0. The van der Waals surface area contributed by atoms with Crippen molar-refractivity contribution < 1.29 is 0 Å². The zero-order valence-corrected chi connectivity index (χ0v) is 10.1. The fourth-order valence-electron chi connectivity index (χ4n) is 1.85. The van der Waals surface area contributed by atoms with Crippen molar-refractivity contribution in [2.75, 3.05) is 0 Å². The minimum Gasteiger partial charge on any atom is -0.272 e. The highest BCUT2D eigenvalue weighted by Crippen LogP contribution is 2.24. The second kappa shape index (κ2) is 4.84. The van der Waals surface area contributed by atoms with Crippen LogP contribution < -0.4 is 0 Å². The first-order valence-corrected chi connectivity index (χ1v) is 5.78. The van der Waals surface area contributed by atoms with Crippen molar-refractivity contribution >= 4 is 0 Å². The highest BCUT2D eigenvalue weighted by molar-refractivity contribution is 5.70. The molecule has 3 heteroatoms. The molecule has 17 heavy (non-hydrogen) atoms. The first-order valence-electron chi connectivity index (χ1n) is 5.78. The van der Waals surface area contributed by atoms with Gasteiger partial charge in [-0.25, -0.2) is 0 Å². The quantitative estimate of drug-likeness (QED) is 0.805. The minimum atomic E-state index is 0.701. The lowest BCUT2D eigenvalue weighted by molar-refractivity contribution is 0.603. The summed E-state index contributed by atoms with van der Waals surface area (Å²) < 4.78 is 1.92. The van der Waals surface area contributed by atoms with Gasteiger partial charge in [0.2, 0.25) is 0 Å². The van der Waals surface area contributed by atoms with Gasteiger partial charge in [-0.15, -0.1) is 0 Å². The summed E-state index contributed by atoms with van der Waals surface area (Å²) in [5.74, 6) is 0. The Morgan fingerprint density at radius 3 is 2.94 bits per heavy atom. The lowest BCUT2D eigenvalue weighted by atomic mass is 10.0. The Kier molecular flexibility index (Phi) is 3.24. The first kappa shape index (κ1) is 11.4. The Morgan fingerprint density at radius 1 is 1.41 bits per heavy atom. The third kappa shape index (κ3) is 2.36. The summed E-state index contributed by atoms with van der Waals surface area (Å²) in [7, 11) is 0. The smallest absolute Gasteiger partial charge is 0.0998 e. The van der Waals surface area contributed by atoms with Gasteiger partial charge in [0.1, 0.15) is 0 Å². The molecule has 0 unspecified atom stereocenters. The lowest BCUT2D eigenvalue weighted by Gasteiger charge is -2.02. The number of benzene rings is 1. The fourth-order valence-corrected chi connectivity index (χ4v) is 1.85. The molecule has 0 atom stereocenters. The predicted octanol–water partition coefficient (Wildman–Crippen LogP) is 3.14. The zero-order valence-electron chi connectivity index (χ0n) is 10.1. The van der Waals surface area contributed by atoms with E-state index in [1.54, 1.807) is 0 Å². The second-order valence-corrected chi connectivity index (χ2v) is 4.15. The maximum atomic E-state index is 9.10. The predicted molar refractivity (Wildman–Crippen MR) is 67.4 cm³/mol. The molecule has 0 radical (unpaired) electrons. The van der Waals surface area contributed by atoms with Crippen LogP contribution in [0.3, 0.4) is 0 Å². The molecular formula is C14H15N3. The van der Waals surface area contributed by atoms with E-state index in [-0.39, 0.29) is 0 Å². The van der Waals surface area contributed by atoms with E-state index in [2.05, 4.69) is 18.1 Å². The Bertz CT molecular complexity index is 561. The molecule has 0 fully saturated rings.